The fourth-order valence-electron chi connectivity index (χ4n) is 4.44. The zero-order valence-corrected chi connectivity index (χ0v) is 18.5. The van der Waals surface area contributed by atoms with Crippen molar-refractivity contribution in [2.75, 3.05) is 19.8 Å². The third-order valence-corrected chi connectivity index (χ3v) is 6.24. The summed E-state index contributed by atoms with van der Waals surface area (Å²) in [6.45, 7) is 1.87. The van der Waals surface area contributed by atoms with Crippen molar-refractivity contribution in [1.29, 1.82) is 0 Å². The molecule has 1 aromatic heterocycles. The fraction of sp³-hybridized carbons (Fsp3) is 0.250. The van der Waals surface area contributed by atoms with Crippen molar-refractivity contribution in [3.8, 4) is 5.75 Å². The summed E-state index contributed by atoms with van der Waals surface area (Å²) in [6, 6.07) is 25.9. The van der Waals surface area contributed by atoms with Crippen LogP contribution in [0.5, 0.6) is 5.75 Å². The Bertz CT molecular complexity index is 1190. The van der Waals surface area contributed by atoms with Crippen LogP contribution < -0.4 is 10.1 Å². The molecule has 2 N–H and O–H groups in total. The van der Waals surface area contributed by atoms with Crippen molar-refractivity contribution in [3.63, 3.8) is 0 Å². The molecular weight excluding hydrogens is 412 g/mol. The third-order valence-electron chi connectivity index (χ3n) is 6.24. The summed E-state index contributed by atoms with van der Waals surface area (Å²) in [5.74, 6) is 0.699. The third kappa shape index (κ3) is 4.94. The SMILES string of the molecule is O=C(NCC(c1ccccc1)c1c[nH]c2ccccc12)c1ccc(OCC2CCCO2)cc1. The number of amides is 1. The molecule has 0 bridgehead atoms. The van der Waals surface area contributed by atoms with E-state index in [0.29, 0.717) is 18.7 Å². The number of carbonyl (C=O) groups is 1. The Balaban J connectivity index is 1.27. The Morgan fingerprint density at radius 2 is 1.82 bits per heavy atom. The molecule has 1 saturated heterocycles. The van der Waals surface area contributed by atoms with E-state index in [1.807, 2.05) is 54.6 Å². The van der Waals surface area contributed by atoms with Crippen LogP contribution in [0.25, 0.3) is 10.9 Å². The molecule has 168 valence electrons. The summed E-state index contributed by atoms with van der Waals surface area (Å²) in [5.41, 5.74) is 4.05. The van der Waals surface area contributed by atoms with Gasteiger partial charge in [0.1, 0.15) is 12.4 Å². The van der Waals surface area contributed by atoms with Crippen LogP contribution in [0.1, 0.15) is 40.2 Å². The predicted molar refractivity (Wildman–Crippen MR) is 130 cm³/mol. The van der Waals surface area contributed by atoms with Crippen molar-refractivity contribution in [2.45, 2.75) is 24.9 Å². The highest BCUT2D eigenvalue weighted by Crippen LogP contribution is 2.30. The molecule has 0 spiro atoms. The van der Waals surface area contributed by atoms with E-state index >= 15 is 0 Å². The smallest absolute Gasteiger partial charge is 0.251 e. The molecule has 1 amide bonds. The molecule has 2 atom stereocenters. The number of aromatic amines is 1. The first-order valence-corrected chi connectivity index (χ1v) is 11.5. The number of carbonyl (C=O) groups excluding carboxylic acids is 1. The van der Waals surface area contributed by atoms with Gasteiger partial charge in [-0.2, -0.15) is 0 Å². The summed E-state index contributed by atoms with van der Waals surface area (Å²) < 4.78 is 11.4. The number of hydrogen-bond acceptors (Lipinski definition) is 3. The minimum atomic E-state index is -0.0959. The van der Waals surface area contributed by atoms with Gasteiger partial charge in [-0.15, -0.1) is 0 Å². The Morgan fingerprint density at radius 3 is 2.61 bits per heavy atom. The summed E-state index contributed by atoms with van der Waals surface area (Å²) in [7, 11) is 0. The van der Waals surface area contributed by atoms with Crippen LogP contribution in [-0.4, -0.2) is 36.8 Å². The van der Waals surface area contributed by atoms with E-state index in [1.54, 1.807) is 0 Å². The van der Waals surface area contributed by atoms with E-state index in [4.69, 9.17) is 9.47 Å². The molecule has 33 heavy (non-hydrogen) atoms. The molecule has 4 aromatic rings. The van der Waals surface area contributed by atoms with Gasteiger partial charge in [0.15, 0.2) is 0 Å². The number of para-hydroxylation sites is 1. The van der Waals surface area contributed by atoms with Crippen molar-refractivity contribution in [3.05, 3.63) is 102 Å². The molecular formula is C28H28N2O3. The zero-order chi connectivity index (χ0) is 22.5. The summed E-state index contributed by atoms with van der Waals surface area (Å²) in [4.78, 5) is 16.3. The standard InChI is InChI=1S/C28H28N2O3/c31-28(21-12-14-22(15-13-21)33-19-23-9-6-16-32-23)30-17-25(20-7-2-1-3-8-20)26-18-29-27-11-5-4-10-24(26)27/h1-5,7-8,10-15,18,23,25,29H,6,9,16-17,19H2,(H,30,31). The van der Waals surface area contributed by atoms with Crippen molar-refractivity contribution in [1.82, 2.24) is 10.3 Å². The van der Waals surface area contributed by atoms with E-state index in [2.05, 4.69) is 40.8 Å². The number of ether oxygens (including phenoxy) is 2. The number of hydrogen-bond donors (Lipinski definition) is 2. The maximum Gasteiger partial charge on any atom is 0.251 e. The molecule has 2 unspecified atom stereocenters. The van der Waals surface area contributed by atoms with E-state index in [9.17, 15) is 4.79 Å². The minimum Gasteiger partial charge on any atom is -0.491 e. The number of nitrogens with one attached hydrogen (secondary N) is 2. The lowest BCUT2D eigenvalue weighted by atomic mass is 9.91. The number of H-pyrrole nitrogens is 1. The molecule has 3 aromatic carbocycles. The fourth-order valence-corrected chi connectivity index (χ4v) is 4.44. The molecule has 0 aliphatic carbocycles. The van der Waals surface area contributed by atoms with Crippen molar-refractivity contribution >= 4 is 16.8 Å². The molecule has 0 radical (unpaired) electrons. The van der Waals surface area contributed by atoms with E-state index in [-0.39, 0.29) is 17.9 Å². The van der Waals surface area contributed by atoms with Gasteiger partial charge in [-0.1, -0.05) is 48.5 Å². The van der Waals surface area contributed by atoms with Gasteiger partial charge in [-0.05, 0) is 54.3 Å². The van der Waals surface area contributed by atoms with E-state index in [1.165, 1.54) is 16.5 Å². The lowest BCUT2D eigenvalue weighted by molar-refractivity contribution is 0.0679. The van der Waals surface area contributed by atoms with E-state index in [0.717, 1.165) is 30.7 Å². The molecule has 0 saturated carbocycles. The van der Waals surface area contributed by atoms with Gasteiger partial charge in [0.05, 0.1) is 6.10 Å². The Labute approximate surface area is 193 Å². The predicted octanol–water partition coefficient (Wildman–Crippen LogP) is 5.29. The molecule has 5 nitrogen and oxygen atoms in total. The Hall–Kier alpha value is -3.57. The van der Waals surface area contributed by atoms with Gasteiger partial charge in [0.25, 0.3) is 5.91 Å². The van der Waals surface area contributed by atoms with Gasteiger partial charge in [-0.25, -0.2) is 0 Å². The first kappa shape index (κ1) is 21.3. The number of aromatic nitrogens is 1. The summed E-state index contributed by atoms with van der Waals surface area (Å²) in [5, 5.41) is 4.31. The van der Waals surface area contributed by atoms with Gasteiger partial charge >= 0.3 is 0 Å². The summed E-state index contributed by atoms with van der Waals surface area (Å²) >= 11 is 0. The van der Waals surface area contributed by atoms with Gasteiger partial charge in [0.2, 0.25) is 0 Å². The molecule has 1 fully saturated rings. The minimum absolute atomic E-state index is 0.0420. The summed E-state index contributed by atoms with van der Waals surface area (Å²) in [6.07, 6.45) is 4.36. The second kappa shape index (κ2) is 9.92. The van der Waals surface area contributed by atoms with Gasteiger partial charge in [0, 0.05) is 41.7 Å². The van der Waals surface area contributed by atoms with Crippen LogP contribution in [0, 0.1) is 0 Å². The van der Waals surface area contributed by atoms with Crippen LogP contribution in [-0.2, 0) is 4.74 Å². The second-order valence-electron chi connectivity index (χ2n) is 8.43. The van der Waals surface area contributed by atoms with Gasteiger partial charge in [-0.3, -0.25) is 4.79 Å². The van der Waals surface area contributed by atoms with Crippen LogP contribution in [0.4, 0.5) is 0 Å². The van der Waals surface area contributed by atoms with Crippen molar-refractivity contribution < 1.29 is 14.3 Å². The average Bonchev–Trinajstić information content (AvgIpc) is 3.54. The largest absolute Gasteiger partial charge is 0.491 e. The Kier molecular flexibility index (Phi) is 6.40. The molecule has 1 aliphatic rings. The average molecular weight is 441 g/mol. The maximum absolute atomic E-state index is 12.9. The topological polar surface area (TPSA) is 63.4 Å². The lowest BCUT2D eigenvalue weighted by Gasteiger charge is -2.18. The number of fused-ring (bicyclic) bond motifs is 1. The highest BCUT2D eigenvalue weighted by atomic mass is 16.5. The van der Waals surface area contributed by atoms with Crippen molar-refractivity contribution in [2.24, 2.45) is 0 Å². The lowest BCUT2D eigenvalue weighted by Crippen LogP contribution is -2.28. The zero-order valence-electron chi connectivity index (χ0n) is 18.5. The van der Waals surface area contributed by atoms with Crippen LogP contribution in [0.3, 0.4) is 0 Å². The quantitative estimate of drug-likeness (QED) is 0.391. The number of benzene rings is 3. The molecule has 5 rings (SSSR count). The highest BCUT2D eigenvalue weighted by Gasteiger charge is 2.20. The molecule has 1 aliphatic heterocycles. The normalized spacial score (nSPS) is 16.5. The number of rotatable bonds is 8. The monoisotopic (exact) mass is 440 g/mol. The Morgan fingerprint density at radius 1 is 1.03 bits per heavy atom. The first-order valence-electron chi connectivity index (χ1n) is 11.5. The van der Waals surface area contributed by atoms with Gasteiger partial charge < -0.3 is 19.8 Å². The molecule has 5 heteroatoms. The van der Waals surface area contributed by atoms with Crippen LogP contribution in [0.15, 0.2) is 85.1 Å². The second-order valence-corrected chi connectivity index (χ2v) is 8.43. The van der Waals surface area contributed by atoms with E-state index < -0.39 is 0 Å². The molecule has 2 heterocycles. The first-order chi connectivity index (χ1) is 16.3. The van der Waals surface area contributed by atoms with Crippen LogP contribution >= 0.6 is 0 Å². The maximum atomic E-state index is 12.9. The van der Waals surface area contributed by atoms with Crippen LogP contribution in [0.2, 0.25) is 0 Å². The highest BCUT2D eigenvalue weighted by molar-refractivity contribution is 5.94.